The summed E-state index contributed by atoms with van der Waals surface area (Å²) in [5, 5.41) is 0. The molecule has 0 bridgehead atoms. The van der Waals surface area contributed by atoms with E-state index in [0.29, 0.717) is 0 Å². The Bertz CT molecular complexity index is 1230. The largest absolute Gasteiger partial charge is 0.342 e. The Morgan fingerprint density at radius 3 is 1.91 bits per heavy atom. The van der Waals surface area contributed by atoms with E-state index in [2.05, 4.69) is 115 Å². The summed E-state index contributed by atoms with van der Waals surface area (Å²) in [7, 11) is 0. The molecule has 1 fully saturated rings. The predicted molar refractivity (Wildman–Crippen MR) is 145 cm³/mol. The Balaban J connectivity index is 1.30. The first-order valence-corrected chi connectivity index (χ1v) is 12.7. The number of hydrogen-bond acceptors (Lipinski definition) is 3. The summed E-state index contributed by atoms with van der Waals surface area (Å²) in [5.41, 5.74) is 10.1. The van der Waals surface area contributed by atoms with Crippen LogP contribution in [0.15, 0.2) is 72.8 Å². The maximum Gasteiger partial charge on any atom is 0.137 e. The number of rotatable bonds is 6. The molecule has 5 rings (SSSR count). The molecule has 2 heterocycles. The standard InChI is InChI=1S/C31H36N4/c1-22-11-13-26(14-12-22)31-32-25(4)29(33-31)21-34-15-17-35(18-16-34)30(27-9-5-7-23(2)19-27)28-10-6-8-24(3)20-28/h5-14,19-20,30H,15-18,21H2,1-4H3,(H,32,33). The van der Waals surface area contributed by atoms with Crippen molar-refractivity contribution in [3.63, 3.8) is 0 Å². The second-order valence-electron chi connectivity index (χ2n) is 10.1. The van der Waals surface area contributed by atoms with Gasteiger partial charge in [-0.05, 0) is 38.8 Å². The molecule has 4 nitrogen and oxygen atoms in total. The highest BCUT2D eigenvalue weighted by molar-refractivity contribution is 5.56. The van der Waals surface area contributed by atoms with Crippen LogP contribution in [0, 0.1) is 27.7 Å². The van der Waals surface area contributed by atoms with Crippen molar-refractivity contribution in [3.8, 4) is 11.4 Å². The van der Waals surface area contributed by atoms with E-state index in [4.69, 9.17) is 4.98 Å². The Kier molecular flexibility index (Phi) is 6.85. The van der Waals surface area contributed by atoms with E-state index in [1.165, 1.54) is 33.5 Å². The van der Waals surface area contributed by atoms with Gasteiger partial charge in [-0.3, -0.25) is 9.80 Å². The smallest absolute Gasteiger partial charge is 0.137 e. The molecule has 0 amide bonds. The minimum Gasteiger partial charge on any atom is -0.342 e. The highest BCUT2D eigenvalue weighted by Crippen LogP contribution is 2.31. The summed E-state index contributed by atoms with van der Waals surface area (Å²) >= 11 is 0. The van der Waals surface area contributed by atoms with E-state index >= 15 is 0 Å². The van der Waals surface area contributed by atoms with Gasteiger partial charge >= 0.3 is 0 Å². The fourth-order valence-electron chi connectivity index (χ4n) is 5.18. The number of nitrogens with one attached hydrogen (secondary N) is 1. The minimum absolute atomic E-state index is 0.289. The van der Waals surface area contributed by atoms with Crippen LogP contribution in [0.3, 0.4) is 0 Å². The lowest BCUT2D eigenvalue weighted by atomic mass is 9.94. The fraction of sp³-hybridized carbons (Fsp3) is 0.323. The second kappa shape index (κ2) is 10.2. The molecule has 3 aromatic carbocycles. The van der Waals surface area contributed by atoms with Crippen molar-refractivity contribution < 1.29 is 0 Å². The highest BCUT2D eigenvalue weighted by atomic mass is 15.3. The molecule has 4 heteroatoms. The van der Waals surface area contributed by atoms with Crippen LogP contribution in [-0.2, 0) is 6.54 Å². The van der Waals surface area contributed by atoms with Crippen LogP contribution in [0.2, 0.25) is 0 Å². The van der Waals surface area contributed by atoms with Crippen molar-refractivity contribution in [1.29, 1.82) is 0 Å². The molecule has 0 atom stereocenters. The van der Waals surface area contributed by atoms with Crippen LogP contribution >= 0.6 is 0 Å². The van der Waals surface area contributed by atoms with Gasteiger partial charge in [0.1, 0.15) is 5.82 Å². The molecule has 1 aromatic heterocycles. The molecule has 1 aliphatic rings. The summed E-state index contributed by atoms with van der Waals surface area (Å²) in [5.74, 6) is 0.968. The number of hydrogen-bond donors (Lipinski definition) is 1. The van der Waals surface area contributed by atoms with Crippen LogP contribution in [0.25, 0.3) is 11.4 Å². The summed E-state index contributed by atoms with van der Waals surface area (Å²) in [6, 6.07) is 26.9. The van der Waals surface area contributed by atoms with E-state index in [0.717, 1.165) is 49.8 Å². The molecule has 0 radical (unpaired) electrons. The molecule has 0 spiro atoms. The molecule has 0 saturated carbocycles. The van der Waals surface area contributed by atoms with Gasteiger partial charge in [-0.2, -0.15) is 0 Å². The van der Waals surface area contributed by atoms with E-state index in [1.807, 2.05) is 0 Å². The van der Waals surface area contributed by atoms with Crippen LogP contribution in [0.5, 0.6) is 0 Å². The maximum absolute atomic E-state index is 4.96. The van der Waals surface area contributed by atoms with E-state index < -0.39 is 0 Å². The monoisotopic (exact) mass is 464 g/mol. The number of aromatic amines is 1. The van der Waals surface area contributed by atoms with Crippen molar-refractivity contribution in [2.75, 3.05) is 26.2 Å². The number of imidazole rings is 1. The zero-order valence-electron chi connectivity index (χ0n) is 21.4. The van der Waals surface area contributed by atoms with Gasteiger partial charge in [-0.1, -0.05) is 89.5 Å². The zero-order chi connectivity index (χ0) is 24.4. The average molecular weight is 465 g/mol. The minimum atomic E-state index is 0.289. The Hall–Kier alpha value is -3.21. The van der Waals surface area contributed by atoms with Crippen molar-refractivity contribution in [3.05, 3.63) is 112 Å². The normalized spacial score (nSPS) is 15.1. The number of benzene rings is 3. The number of nitrogens with zero attached hydrogens (tertiary/aromatic N) is 3. The maximum atomic E-state index is 4.96. The Morgan fingerprint density at radius 1 is 0.743 bits per heavy atom. The van der Waals surface area contributed by atoms with Crippen molar-refractivity contribution in [2.45, 2.75) is 40.3 Å². The first kappa shape index (κ1) is 23.5. The third kappa shape index (κ3) is 5.39. The highest BCUT2D eigenvalue weighted by Gasteiger charge is 2.27. The molecule has 1 aliphatic heterocycles. The predicted octanol–water partition coefficient (Wildman–Crippen LogP) is 6.22. The molecule has 1 saturated heterocycles. The van der Waals surface area contributed by atoms with Gasteiger partial charge < -0.3 is 4.98 Å². The average Bonchev–Trinajstić information content (AvgIpc) is 3.21. The number of aryl methyl sites for hydroxylation is 4. The summed E-state index contributed by atoms with van der Waals surface area (Å²) < 4.78 is 0. The molecule has 1 N–H and O–H groups in total. The van der Waals surface area contributed by atoms with Gasteiger partial charge in [0.05, 0.1) is 11.7 Å². The quantitative estimate of drug-likeness (QED) is 0.368. The zero-order valence-corrected chi connectivity index (χ0v) is 21.4. The number of aromatic nitrogens is 2. The lowest BCUT2D eigenvalue weighted by Crippen LogP contribution is -2.47. The van der Waals surface area contributed by atoms with Crippen LogP contribution in [0.4, 0.5) is 0 Å². The van der Waals surface area contributed by atoms with Gasteiger partial charge in [-0.25, -0.2) is 4.98 Å². The molecule has 0 aliphatic carbocycles. The lowest BCUT2D eigenvalue weighted by molar-refractivity contribution is 0.104. The molecule has 180 valence electrons. The number of H-pyrrole nitrogens is 1. The van der Waals surface area contributed by atoms with Gasteiger partial charge in [-0.15, -0.1) is 0 Å². The molecular weight excluding hydrogens is 428 g/mol. The molecule has 35 heavy (non-hydrogen) atoms. The van der Waals surface area contributed by atoms with Gasteiger partial charge in [0.15, 0.2) is 0 Å². The van der Waals surface area contributed by atoms with Crippen LogP contribution in [-0.4, -0.2) is 45.9 Å². The van der Waals surface area contributed by atoms with E-state index in [9.17, 15) is 0 Å². The third-order valence-corrected chi connectivity index (χ3v) is 7.17. The summed E-state index contributed by atoms with van der Waals surface area (Å²) in [6.07, 6.45) is 0. The fourth-order valence-corrected chi connectivity index (χ4v) is 5.18. The topological polar surface area (TPSA) is 35.2 Å². The summed E-state index contributed by atoms with van der Waals surface area (Å²) in [6.45, 7) is 13.7. The first-order chi connectivity index (χ1) is 17.0. The SMILES string of the molecule is Cc1ccc(-c2nc(CN3CCN(C(c4cccc(C)c4)c4cccc(C)c4)CC3)c(C)[nH]2)cc1. The Labute approximate surface area is 209 Å². The van der Waals surface area contributed by atoms with Crippen molar-refractivity contribution >= 4 is 0 Å². The first-order valence-electron chi connectivity index (χ1n) is 12.7. The lowest BCUT2D eigenvalue weighted by Gasteiger charge is -2.39. The van der Waals surface area contributed by atoms with Gasteiger partial charge in [0.2, 0.25) is 0 Å². The number of piperazine rings is 1. The second-order valence-corrected chi connectivity index (χ2v) is 10.1. The van der Waals surface area contributed by atoms with Crippen molar-refractivity contribution in [1.82, 2.24) is 19.8 Å². The third-order valence-electron chi connectivity index (χ3n) is 7.17. The van der Waals surface area contributed by atoms with Crippen LogP contribution in [0.1, 0.15) is 45.2 Å². The van der Waals surface area contributed by atoms with Gasteiger partial charge in [0.25, 0.3) is 0 Å². The molecule has 4 aromatic rings. The van der Waals surface area contributed by atoms with Crippen LogP contribution < -0.4 is 0 Å². The summed E-state index contributed by atoms with van der Waals surface area (Å²) in [4.78, 5) is 13.7. The van der Waals surface area contributed by atoms with Crippen molar-refractivity contribution in [2.24, 2.45) is 0 Å². The Morgan fingerprint density at radius 2 is 1.34 bits per heavy atom. The van der Waals surface area contributed by atoms with Gasteiger partial charge in [0, 0.05) is 44.0 Å². The van der Waals surface area contributed by atoms with E-state index in [1.54, 1.807) is 0 Å². The molecule has 0 unspecified atom stereocenters. The molecular formula is C31H36N4. The van der Waals surface area contributed by atoms with E-state index in [-0.39, 0.29) is 6.04 Å².